The molecule has 0 spiro atoms. The molecule has 1 aliphatic rings. The number of carbonyl (C=O) groups is 2. The average Bonchev–Trinajstić information content (AvgIpc) is 2.85. The summed E-state index contributed by atoms with van der Waals surface area (Å²) in [6.45, 7) is 4.32. The van der Waals surface area contributed by atoms with Gasteiger partial charge in [-0.15, -0.1) is 0 Å². The van der Waals surface area contributed by atoms with Gasteiger partial charge in [0.2, 0.25) is 5.91 Å². The summed E-state index contributed by atoms with van der Waals surface area (Å²) in [5.74, 6) is 0.134. The van der Waals surface area contributed by atoms with Crippen LogP contribution in [0.1, 0.15) is 25.3 Å². The van der Waals surface area contributed by atoms with Crippen LogP contribution in [0.15, 0.2) is 24.3 Å². The van der Waals surface area contributed by atoms with Crippen molar-refractivity contribution in [1.82, 2.24) is 9.80 Å². The predicted molar refractivity (Wildman–Crippen MR) is 91.2 cm³/mol. The summed E-state index contributed by atoms with van der Waals surface area (Å²) in [5.41, 5.74) is 1.11. The predicted octanol–water partition coefficient (Wildman–Crippen LogP) is 1.64. The quantitative estimate of drug-likeness (QED) is 0.856. The van der Waals surface area contributed by atoms with Crippen LogP contribution in [0.3, 0.4) is 0 Å². The minimum atomic E-state index is -0.811. The van der Waals surface area contributed by atoms with Gasteiger partial charge < -0.3 is 14.7 Å². The molecule has 1 amide bonds. The lowest BCUT2D eigenvalue weighted by atomic mass is 10.1. The molecular weight excluding hydrogens is 308 g/mol. The molecule has 1 atom stereocenters. The van der Waals surface area contributed by atoms with Gasteiger partial charge in [-0.3, -0.25) is 14.5 Å². The lowest BCUT2D eigenvalue weighted by Gasteiger charge is -2.24. The first kappa shape index (κ1) is 18.3. The third-order valence-electron chi connectivity index (χ3n) is 4.57. The van der Waals surface area contributed by atoms with E-state index >= 15 is 0 Å². The monoisotopic (exact) mass is 334 g/mol. The fourth-order valence-electron chi connectivity index (χ4n) is 2.93. The van der Waals surface area contributed by atoms with Gasteiger partial charge in [-0.2, -0.15) is 0 Å². The van der Waals surface area contributed by atoms with E-state index in [0.29, 0.717) is 32.5 Å². The van der Waals surface area contributed by atoms with Gasteiger partial charge >= 0.3 is 5.97 Å². The van der Waals surface area contributed by atoms with Gasteiger partial charge in [-0.05, 0) is 37.5 Å². The first-order valence-corrected chi connectivity index (χ1v) is 8.39. The van der Waals surface area contributed by atoms with E-state index in [0.717, 1.165) is 24.3 Å². The van der Waals surface area contributed by atoms with Crippen molar-refractivity contribution in [2.75, 3.05) is 33.3 Å². The zero-order chi connectivity index (χ0) is 17.5. The Hall–Kier alpha value is -2.08. The molecule has 1 unspecified atom stereocenters. The van der Waals surface area contributed by atoms with E-state index < -0.39 is 12.0 Å². The molecule has 0 saturated carbocycles. The number of carboxylic acids is 1. The molecule has 2 rings (SSSR count). The van der Waals surface area contributed by atoms with E-state index in [-0.39, 0.29) is 5.91 Å². The zero-order valence-corrected chi connectivity index (χ0v) is 14.4. The summed E-state index contributed by atoms with van der Waals surface area (Å²) in [6.07, 6.45) is 1.99. The third kappa shape index (κ3) is 4.96. The highest BCUT2D eigenvalue weighted by atomic mass is 16.5. The number of aryl methyl sites for hydroxylation is 1. The van der Waals surface area contributed by atoms with E-state index in [1.807, 2.05) is 34.1 Å². The lowest BCUT2D eigenvalue weighted by Crippen LogP contribution is -2.42. The molecule has 1 aromatic rings. The summed E-state index contributed by atoms with van der Waals surface area (Å²) < 4.78 is 5.13. The van der Waals surface area contributed by atoms with Gasteiger partial charge in [0.1, 0.15) is 11.8 Å². The molecule has 1 aliphatic heterocycles. The topological polar surface area (TPSA) is 70.1 Å². The number of rotatable bonds is 6. The summed E-state index contributed by atoms with van der Waals surface area (Å²) in [4.78, 5) is 27.3. The largest absolute Gasteiger partial charge is 0.497 e. The van der Waals surface area contributed by atoms with Crippen molar-refractivity contribution in [2.24, 2.45) is 0 Å². The van der Waals surface area contributed by atoms with Crippen LogP contribution >= 0.6 is 0 Å². The van der Waals surface area contributed by atoms with Crippen molar-refractivity contribution in [1.29, 1.82) is 0 Å². The summed E-state index contributed by atoms with van der Waals surface area (Å²) in [6, 6.07) is 7.25. The Kier molecular flexibility index (Phi) is 6.61. The summed E-state index contributed by atoms with van der Waals surface area (Å²) in [7, 11) is 1.63. The van der Waals surface area contributed by atoms with Gasteiger partial charge in [0, 0.05) is 32.6 Å². The van der Waals surface area contributed by atoms with Crippen molar-refractivity contribution >= 4 is 11.9 Å². The van der Waals surface area contributed by atoms with Gasteiger partial charge in [0.25, 0.3) is 0 Å². The second-order valence-corrected chi connectivity index (χ2v) is 6.13. The number of aliphatic carboxylic acids is 1. The van der Waals surface area contributed by atoms with E-state index in [9.17, 15) is 9.59 Å². The van der Waals surface area contributed by atoms with Crippen LogP contribution in [0.25, 0.3) is 0 Å². The average molecular weight is 334 g/mol. The highest BCUT2D eigenvalue weighted by molar-refractivity contribution is 5.76. The summed E-state index contributed by atoms with van der Waals surface area (Å²) >= 11 is 0. The molecular formula is C18H26N2O4. The molecule has 132 valence electrons. The Balaban J connectivity index is 1.82. The van der Waals surface area contributed by atoms with Crippen LogP contribution in [0, 0.1) is 0 Å². The zero-order valence-electron chi connectivity index (χ0n) is 14.4. The molecule has 0 bridgehead atoms. The van der Waals surface area contributed by atoms with E-state index in [1.54, 1.807) is 14.0 Å². The van der Waals surface area contributed by atoms with Crippen molar-refractivity contribution in [3.05, 3.63) is 29.8 Å². The molecule has 6 heteroatoms. The number of carboxylic acid groups (broad SMARTS) is 1. The maximum atomic E-state index is 12.4. The number of carbonyl (C=O) groups excluding carboxylic acids is 1. The van der Waals surface area contributed by atoms with Gasteiger partial charge in [-0.1, -0.05) is 12.1 Å². The SMILES string of the molecule is COc1ccc(CCC(=O)N2CCCN(C(C)C(=O)O)CC2)cc1. The number of hydrogen-bond donors (Lipinski definition) is 1. The van der Waals surface area contributed by atoms with Crippen LogP contribution in [-0.4, -0.2) is 66.1 Å². The van der Waals surface area contributed by atoms with Crippen molar-refractivity contribution in [3.63, 3.8) is 0 Å². The van der Waals surface area contributed by atoms with Crippen LogP contribution < -0.4 is 4.74 Å². The van der Waals surface area contributed by atoms with Crippen LogP contribution in [0.2, 0.25) is 0 Å². The van der Waals surface area contributed by atoms with Crippen LogP contribution in [0.4, 0.5) is 0 Å². The fourth-order valence-corrected chi connectivity index (χ4v) is 2.93. The molecule has 1 N–H and O–H groups in total. The first-order chi connectivity index (χ1) is 11.5. The smallest absolute Gasteiger partial charge is 0.320 e. The van der Waals surface area contributed by atoms with E-state index in [4.69, 9.17) is 9.84 Å². The standard InChI is InChI=1S/C18H26N2O4/c1-14(18(22)23)19-10-3-11-20(13-12-19)17(21)9-6-15-4-7-16(24-2)8-5-15/h4-5,7-8,14H,3,6,9-13H2,1-2H3,(H,22,23). The minimum Gasteiger partial charge on any atom is -0.497 e. The normalized spacial score (nSPS) is 17.2. The fraction of sp³-hybridized carbons (Fsp3) is 0.556. The van der Waals surface area contributed by atoms with E-state index in [1.165, 1.54) is 0 Å². The second kappa shape index (κ2) is 8.68. The molecule has 24 heavy (non-hydrogen) atoms. The maximum absolute atomic E-state index is 12.4. The lowest BCUT2D eigenvalue weighted by molar-refractivity contribution is -0.142. The molecule has 6 nitrogen and oxygen atoms in total. The molecule has 1 saturated heterocycles. The highest BCUT2D eigenvalue weighted by Gasteiger charge is 2.25. The molecule has 0 radical (unpaired) electrons. The molecule has 1 fully saturated rings. The second-order valence-electron chi connectivity index (χ2n) is 6.13. The number of amides is 1. The Morgan fingerprint density at radius 2 is 1.88 bits per heavy atom. The van der Waals surface area contributed by atoms with Crippen molar-refractivity contribution in [3.8, 4) is 5.75 Å². The number of hydrogen-bond acceptors (Lipinski definition) is 4. The number of methoxy groups -OCH3 is 1. The first-order valence-electron chi connectivity index (χ1n) is 8.39. The maximum Gasteiger partial charge on any atom is 0.320 e. The van der Waals surface area contributed by atoms with Crippen LogP contribution in [0.5, 0.6) is 5.75 Å². The third-order valence-corrected chi connectivity index (χ3v) is 4.57. The number of nitrogens with zero attached hydrogens (tertiary/aromatic N) is 2. The summed E-state index contributed by atoms with van der Waals surface area (Å²) in [5, 5.41) is 9.12. The van der Waals surface area contributed by atoms with Gasteiger partial charge in [0.05, 0.1) is 7.11 Å². The molecule has 0 aromatic heterocycles. The minimum absolute atomic E-state index is 0.135. The van der Waals surface area contributed by atoms with Gasteiger partial charge in [-0.25, -0.2) is 0 Å². The Morgan fingerprint density at radius 3 is 2.50 bits per heavy atom. The molecule has 1 heterocycles. The van der Waals surface area contributed by atoms with Crippen molar-refractivity contribution in [2.45, 2.75) is 32.2 Å². The molecule has 1 aromatic carbocycles. The Bertz CT molecular complexity index is 559. The highest BCUT2D eigenvalue weighted by Crippen LogP contribution is 2.14. The Morgan fingerprint density at radius 1 is 1.17 bits per heavy atom. The molecule has 0 aliphatic carbocycles. The van der Waals surface area contributed by atoms with Crippen molar-refractivity contribution < 1.29 is 19.4 Å². The van der Waals surface area contributed by atoms with Crippen LogP contribution in [-0.2, 0) is 16.0 Å². The van der Waals surface area contributed by atoms with Gasteiger partial charge in [0.15, 0.2) is 0 Å². The number of ether oxygens (including phenoxy) is 1. The Labute approximate surface area is 143 Å². The number of benzene rings is 1. The van der Waals surface area contributed by atoms with E-state index in [2.05, 4.69) is 0 Å².